The van der Waals surface area contributed by atoms with Crippen LogP contribution in [0.25, 0.3) is 5.69 Å². The molecule has 0 saturated heterocycles. The zero-order valence-corrected chi connectivity index (χ0v) is 14.1. The van der Waals surface area contributed by atoms with E-state index in [0.717, 1.165) is 39.6 Å². The summed E-state index contributed by atoms with van der Waals surface area (Å²) >= 11 is 6.33. The van der Waals surface area contributed by atoms with E-state index in [1.165, 1.54) is 0 Å². The van der Waals surface area contributed by atoms with E-state index in [4.69, 9.17) is 16.7 Å². The summed E-state index contributed by atoms with van der Waals surface area (Å²) in [6.45, 7) is 1.96. The van der Waals surface area contributed by atoms with Gasteiger partial charge in [-0.15, -0.1) is 0 Å². The monoisotopic (exact) mass is 336 g/mol. The number of hydrogen-bond acceptors (Lipinski definition) is 2. The highest BCUT2D eigenvalue weighted by Crippen LogP contribution is 2.36. The van der Waals surface area contributed by atoms with Crippen molar-refractivity contribution >= 4 is 17.4 Å². The highest BCUT2D eigenvalue weighted by atomic mass is 35.5. The average molecular weight is 337 g/mol. The number of rotatable bonds is 2. The number of hydrogen-bond donors (Lipinski definition) is 0. The van der Waals surface area contributed by atoms with E-state index in [9.17, 15) is 4.79 Å². The number of nitrogens with zero attached hydrogens (tertiary/aromatic N) is 2. The van der Waals surface area contributed by atoms with Crippen LogP contribution in [0, 0.1) is 6.92 Å². The van der Waals surface area contributed by atoms with Crippen molar-refractivity contribution in [3.05, 3.63) is 82.1 Å². The molecular weight excluding hydrogens is 320 g/mol. The molecule has 0 fully saturated rings. The van der Waals surface area contributed by atoms with Gasteiger partial charge in [0.25, 0.3) is 0 Å². The Hall–Kier alpha value is -2.39. The highest BCUT2D eigenvalue weighted by molar-refractivity contribution is 6.31. The molecule has 0 aliphatic heterocycles. The summed E-state index contributed by atoms with van der Waals surface area (Å²) in [7, 11) is 0. The molecular formula is C20H17ClN2O. The number of para-hydroxylation sites is 1. The molecule has 3 nitrogen and oxygen atoms in total. The lowest BCUT2D eigenvalue weighted by Gasteiger charge is -2.21. The first-order chi connectivity index (χ1) is 11.6. The molecule has 3 aromatic rings. The number of Topliss-reactive ketones (excluding diaryl/α,β-unsaturated/α-hetero) is 1. The molecule has 0 spiro atoms. The molecule has 120 valence electrons. The first-order valence-corrected chi connectivity index (χ1v) is 8.44. The standard InChI is InChI=1S/C20H17ClN2O/c1-13-20-18(22-23(13)15-7-3-2-4-8-15)11-14(12-19(20)24)16-9-5-6-10-17(16)21/h2-10,14H,11-12H2,1H3. The van der Waals surface area contributed by atoms with Crippen LogP contribution in [0.2, 0.25) is 5.02 Å². The summed E-state index contributed by atoms with van der Waals surface area (Å²) in [6.07, 6.45) is 1.23. The average Bonchev–Trinajstić information content (AvgIpc) is 2.93. The quantitative estimate of drug-likeness (QED) is 0.677. The minimum Gasteiger partial charge on any atom is -0.294 e. The lowest BCUT2D eigenvalue weighted by molar-refractivity contribution is 0.0963. The molecule has 1 unspecified atom stereocenters. The van der Waals surface area contributed by atoms with Gasteiger partial charge < -0.3 is 0 Å². The van der Waals surface area contributed by atoms with Crippen LogP contribution in [-0.2, 0) is 6.42 Å². The predicted octanol–water partition coefficient (Wildman–Crippen LogP) is 4.75. The third-order valence-electron chi connectivity index (χ3n) is 4.68. The summed E-state index contributed by atoms with van der Waals surface area (Å²) < 4.78 is 1.87. The molecule has 4 rings (SSSR count). The van der Waals surface area contributed by atoms with Gasteiger partial charge in [0.05, 0.1) is 22.6 Å². The maximum atomic E-state index is 12.7. The molecule has 1 aliphatic rings. The summed E-state index contributed by atoms with van der Waals surface area (Å²) in [6, 6.07) is 17.7. The Kier molecular flexibility index (Phi) is 3.73. The van der Waals surface area contributed by atoms with Crippen LogP contribution in [-0.4, -0.2) is 15.6 Å². The van der Waals surface area contributed by atoms with Gasteiger partial charge in [0.1, 0.15) is 0 Å². The lowest BCUT2D eigenvalue weighted by Crippen LogP contribution is -2.18. The predicted molar refractivity (Wildman–Crippen MR) is 95.1 cm³/mol. The van der Waals surface area contributed by atoms with Crippen LogP contribution in [0.3, 0.4) is 0 Å². The molecule has 0 amide bonds. The molecule has 1 atom stereocenters. The first kappa shape index (κ1) is 15.2. The van der Waals surface area contributed by atoms with Crippen molar-refractivity contribution in [3.63, 3.8) is 0 Å². The van der Waals surface area contributed by atoms with Crippen LogP contribution in [0.1, 0.15) is 39.6 Å². The van der Waals surface area contributed by atoms with Crippen LogP contribution in [0.4, 0.5) is 0 Å². The fourth-order valence-corrected chi connectivity index (χ4v) is 3.83. The molecule has 0 radical (unpaired) electrons. The van der Waals surface area contributed by atoms with Gasteiger partial charge in [-0.3, -0.25) is 4.79 Å². The number of ketones is 1. The largest absolute Gasteiger partial charge is 0.294 e. The number of carbonyl (C=O) groups excluding carboxylic acids is 1. The Labute approximate surface area is 145 Å². The minimum atomic E-state index is 0.0947. The van der Waals surface area contributed by atoms with E-state index in [1.54, 1.807) is 0 Å². The number of benzene rings is 2. The van der Waals surface area contributed by atoms with Crippen LogP contribution in [0.5, 0.6) is 0 Å². The lowest BCUT2D eigenvalue weighted by atomic mass is 9.82. The second-order valence-corrected chi connectivity index (χ2v) is 6.61. The molecule has 1 aromatic heterocycles. The Morgan fingerprint density at radius 1 is 1.04 bits per heavy atom. The molecule has 0 N–H and O–H groups in total. The van der Waals surface area contributed by atoms with Crippen LogP contribution < -0.4 is 0 Å². The van der Waals surface area contributed by atoms with Crippen molar-refractivity contribution in [2.24, 2.45) is 0 Å². The molecule has 2 aromatic carbocycles. The van der Waals surface area contributed by atoms with Gasteiger partial charge in [0.15, 0.2) is 5.78 Å². The van der Waals surface area contributed by atoms with Crippen molar-refractivity contribution in [3.8, 4) is 5.69 Å². The van der Waals surface area contributed by atoms with Gasteiger partial charge in [-0.2, -0.15) is 5.10 Å². The van der Waals surface area contributed by atoms with Gasteiger partial charge >= 0.3 is 0 Å². The smallest absolute Gasteiger partial charge is 0.167 e. The SMILES string of the molecule is Cc1c2c(nn1-c1ccccc1)CC(c1ccccc1Cl)CC2=O. The minimum absolute atomic E-state index is 0.0947. The third-order valence-corrected chi connectivity index (χ3v) is 5.03. The van der Waals surface area contributed by atoms with Crippen molar-refractivity contribution in [1.29, 1.82) is 0 Å². The van der Waals surface area contributed by atoms with Gasteiger partial charge in [-0.25, -0.2) is 4.68 Å². The molecule has 4 heteroatoms. The van der Waals surface area contributed by atoms with Crippen molar-refractivity contribution in [2.45, 2.75) is 25.7 Å². The second-order valence-electron chi connectivity index (χ2n) is 6.20. The second kappa shape index (κ2) is 5.91. The maximum Gasteiger partial charge on any atom is 0.167 e. The van der Waals surface area contributed by atoms with Crippen LogP contribution >= 0.6 is 11.6 Å². The number of fused-ring (bicyclic) bond motifs is 1. The van der Waals surface area contributed by atoms with Gasteiger partial charge in [-0.1, -0.05) is 48.0 Å². The zero-order valence-electron chi connectivity index (χ0n) is 13.4. The topological polar surface area (TPSA) is 34.9 Å². The fourth-order valence-electron chi connectivity index (χ4n) is 3.54. The summed E-state index contributed by atoms with van der Waals surface area (Å²) in [5.74, 6) is 0.248. The van der Waals surface area contributed by atoms with Gasteiger partial charge in [0.2, 0.25) is 0 Å². The molecule has 1 aliphatic carbocycles. The van der Waals surface area contributed by atoms with Gasteiger partial charge in [0, 0.05) is 11.4 Å². The van der Waals surface area contributed by atoms with Crippen molar-refractivity contribution < 1.29 is 4.79 Å². The van der Waals surface area contributed by atoms with Crippen molar-refractivity contribution in [2.75, 3.05) is 0 Å². The Morgan fingerprint density at radius 3 is 2.50 bits per heavy atom. The Morgan fingerprint density at radius 2 is 1.75 bits per heavy atom. The molecule has 0 saturated carbocycles. The third kappa shape index (κ3) is 2.45. The van der Waals surface area contributed by atoms with E-state index < -0.39 is 0 Å². The van der Waals surface area contributed by atoms with E-state index in [1.807, 2.05) is 66.2 Å². The maximum absolute atomic E-state index is 12.7. The van der Waals surface area contributed by atoms with Crippen molar-refractivity contribution in [1.82, 2.24) is 9.78 Å². The van der Waals surface area contributed by atoms with E-state index in [-0.39, 0.29) is 11.7 Å². The van der Waals surface area contributed by atoms with Crippen LogP contribution in [0.15, 0.2) is 54.6 Å². The van der Waals surface area contributed by atoms with Gasteiger partial charge in [-0.05, 0) is 43.0 Å². The van der Waals surface area contributed by atoms with E-state index in [2.05, 4.69) is 0 Å². The van der Waals surface area contributed by atoms with E-state index >= 15 is 0 Å². The first-order valence-electron chi connectivity index (χ1n) is 8.06. The number of halogens is 1. The van der Waals surface area contributed by atoms with E-state index in [0.29, 0.717) is 6.42 Å². The Bertz CT molecular complexity index is 915. The zero-order chi connectivity index (χ0) is 16.7. The number of carbonyl (C=O) groups is 1. The summed E-state index contributed by atoms with van der Waals surface area (Å²) in [4.78, 5) is 12.7. The Balaban J connectivity index is 1.77. The highest BCUT2D eigenvalue weighted by Gasteiger charge is 2.32. The molecule has 0 bridgehead atoms. The molecule has 1 heterocycles. The number of aromatic nitrogens is 2. The summed E-state index contributed by atoms with van der Waals surface area (Å²) in [5, 5.41) is 5.45. The summed E-state index contributed by atoms with van der Waals surface area (Å²) in [5.41, 5.74) is 4.58. The fraction of sp³-hybridized carbons (Fsp3) is 0.200. The normalized spacial score (nSPS) is 16.9. The molecule has 24 heavy (non-hydrogen) atoms.